The van der Waals surface area contributed by atoms with Crippen molar-refractivity contribution in [3.63, 3.8) is 0 Å². The van der Waals surface area contributed by atoms with E-state index < -0.39 is 83.0 Å². The van der Waals surface area contributed by atoms with Crippen molar-refractivity contribution in [3.8, 4) is 12.3 Å². The summed E-state index contributed by atoms with van der Waals surface area (Å²) in [5, 5.41) is 22.4. The standard InChI is InChI=1S/C22H24N10O13P2/c1-2-22-4-41-47(38,39)44-13-11(33)8(42-20(13)32-7-28-10-17(32)29-21(24)30-18(10)35)3-40-46(36,37)45-14(22)12(34)19(43-22)31-6-27-9-15(23)25-5-26-16(9)31/h1,5-8,11-14,19-20,33-34H,3-4H2,(H,36,37)(H,38,39)(H2,23,25,26)(H3,24,29,30,35)/t8-,11-,12-,13-,14+,19-,20-,22?/m1/s1. The number of nitrogens with two attached hydrogens (primary N) is 2. The molecule has 0 aromatic carbocycles. The number of nitrogens with zero attached hydrogens (tertiary/aromatic N) is 7. The molecule has 3 unspecified atom stereocenters. The van der Waals surface area contributed by atoms with Crippen molar-refractivity contribution in [2.45, 2.75) is 48.6 Å². The Labute approximate surface area is 260 Å². The Hall–Kier alpha value is -3.88. The Morgan fingerprint density at radius 3 is 2.43 bits per heavy atom. The van der Waals surface area contributed by atoms with Crippen LogP contribution in [0.1, 0.15) is 12.5 Å². The maximum atomic E-state index is 13.4. The van der Waals surface area contributed by atoms with Gasteiger partial charge in [0.1, 0.15) is 49.0 Å². The third-order valence-corrected chi connectivity index (χ3v) is 9.62. The molecule has 3 aliphatic heterocycles. The summed E-state index contributed by atoms with van der Waals surface area (Å²) in [5.74, 6) is 1.86. The molecule has 25 heteroatoms. The number of hydrogen-bond acceptors (Lipinski definition) is 18. The van der Waals surface area contributed by atoms with Crippen LogP contribution >= 0.6 is 15.6 Å². The SMILES string of the molecule is C#CC12COP(=O)(O)O[C@@H]3[C@H](O)[C@@H](COP(=O)(O)O[C@H]1[C@@H](O)[C@H](n1cnc4c(N)ncnc41)O2)O[C@H]3n1cnc2c(=O)[nH]c(N)nc21. The molecule has 3 saturated heterocycles. The highest BCUT2D eigenvalue weighted by atomic mass is 31.2. The molecule has 0 spiro atoms. The molecule has 3 fully saturated rings. The van der Waals surface area contributed by atoms with Crippen molar-refractivity contribution in [1.29, 1.82) is 0 Å². The molecule has 9 N–H and O–H groups in total. The minimum atomic E-state index is -5.27. The van der Waals surface area contributed by atoms with E-state index in [9.17, 15) is 33.9 Å². The minimum Gasteiger partial charge on any atom is -0.387 e. The predicted octanol–water partition coefficient (Wildman–Crippen LogP) is -2.34. The largest absolute Gasteiger partial charge is 0.472 e. The number of hydrogen-bond donors (Lipinski definition) is 7. The Bertz CT molecular complexity index is 2080. The molecule has 250 valence electrons. The van der Waals surface area contributed by atoms with Crippen LogP contribution in [0.3, 0.4) is 0 Å². The number of phosphoric acid groups is 2. The lowest BCUT2D eigenvalue weighted by molar-refractivity contribution is -0.0961. The van der Waals surface area contributed by atoms with Gasteiger partial charge in [0, 0.05) is 0 Å². The molecule has 0 amide bonds. The summed E-state index contributed by atoms with van der Waals surface area (Å²) in [6, 6.07) is 0. The fraction of sp³-hybridized carbons (Fsp3) is 0.455. The van der Waals surface area contributed by atoms with Crippen LogP contribution in [0.25, 0.3) is 22.3 Å². The summed E-state index contributed by atoms with van der Waals surface area (Å²) < 4.78 is 61.6. The van der Waals surface area contributed by atoms with E-state index in [4.69, 9.17) is 45.5 Å². The molecule has 23 nitrogen and oxygen atoms in total. The summed E-state index contributed by atoms with van der Waals surface area (Å²) in [6.07, 6.45) is -2.90. The van der Waals surface area contributed by atoms with Gasteiger partial charge in [-0.1, -0.05) is 5.92 Å². The predicted molar refractivity (Wildman–Crippen MR) is 151 cm³/mol. The highest BCUT2D eigenvalue weighted by Crippen LogP contribution is 2.55. The minimum absolute atomic E-state index is 0.00579. The Kier molecular flexibility index (Phi) is 7.48. The van der Waals surface area contributed by atoms with Gasteiger partial charge in [0.25, 0.3) is 5.56 Å². The van der Waals surface area contributed by atoms with E-state index >= 15 is 0 Å². The molecule has 10 atom stereocenters. The van der Waals surface area contributed by atoms with Gasteiger partial charge in [-0.3, -0.25) is 37.0 Å². The third-order valence-electron chi connectivity index (χ3n) is 7.68. The number of anilines is 2. The van der Waals surface area contributed by atoms with E-state index in [-0.39, 0.29) is 34.1 Å². The van der Waals surface area contributed by atoms with Gasteiger partial charge in [-0.25, -0.2) is 29.1 Å². The molecule has 47 heavy (non-hydrogen) atoms. The van der Waals surface area contributed by atoms with Gasteiger partial charge in [0.05, 0.1) is 19.3 Å². The molecule has 0 radical (unpaired) electrons. The lowest BCUT2D eigenvalue weighted by atomic mass is 9.97. The molecule has 0 aliphatic carbocycles. The number of aromatic amines is 1. The number of terminal acetylenes is 1. The number of phosphoric ester groups is 2. The third kappa shape index (κ3) is 5.30. The zero-order valence-corrected chi connectivity index (χ0v) is 25.2. The quantitative estimate of drug-likeness (QED) is 0.0851. The van der Waals surface area contributed by atoms with E-state index in [2.05, 4.69) is 35.8 Å². The van der Waals surface area contributed by atoms with E-state index in [1.807, 2.05) is 0 Å². The summed E-state index contributed by atoms with van der Waals surface area (Å²) in [5.41, 5.74) is 8.28. The van der Waals surface area contributed by atoms with Crippen molar-refractivity contribution >= 4 is 49.7 Å². The summed E-state index contributed by atoms with van der Waals surface area (Å²) >= 11 is 0. The number of aromatic nitrogens is 8. The molecule has 4 aromatic rings. The first-order chi connectivity index (χ1) is 22.2. The van der Waals surface area contributed by atoms with Crippen molar-refractivity contribution in [2.75, 3.05) is 24.7 Å². The van der Waals surface area contributed by atoms with Gasteiger partial charge < -0.3 is 40.9 Å². The summed E-state index contributed by atoms with van der Waals surface area (Å²) in [7, 11) is -10.5. The second kappa shape index (κ2) is 11.1. The molecule has 3 aliphatic rings. The number of aliphatic hydroxyl groups is 2. The van der Waals surface area contributed by atoms with Gasteiger partial charge >= 0.3 is 15.6 Å². The van der Waals surface area contributed by atoms with Crippen LogP contribution < -0.4 is 17.0 Å². The molecule has 2 bridgehead atoms. The summed E-state index contributed by atoms with van der Waals surface area (Å²) in [6.45, 7) is -1.96. The van der Waals surface area contributed by atoms with Crippen LogP contribution in [-0.2, 0) is 36.7 Å². The van der Waals surface area contributed by atoms with Crippen LogP contribution in [0.4, 0.5) is 11.8 Å². The highest BCUT2D eigenvalue weighted by molar-refractivity contribution is 7.47. The highest BCUT2D eigenvalue weighted by Gasteiger charge is 2.60. The molecule has 0 saturated carbocycles. The second-order valence-corrected chi connectivity index (χ2v) is 13.4. The van der Waals surface area contributed by atoms with Crippen molar-refractivity contribution in [3.05, 3.63) is 29.3 Å². The van der Waals surface area contributed by atoms with Crippen molar-refractivity contribution in [2.24, 2.45) is 0 Å². The zero-order chi connectivity index (χ0) is 33.5. The number of nitrogens with one attached hydrogen (secondary N) is 1. The van der Waals surface area contributed by atoms with Gasteiger partial charge in [-0.05, 0) is 0 Å². The van der Waals surface area contributed by atoms with Crippen LogP contribution in [0.5, 0.6) is 0 Å². The van der Waals surface area contributed by atoms with Crippen molar-refractivity contribution in [1.82, 2.24) is 39.0 Å². The second-order valence-electron chi connectivity index (χ2n) is 10.5. The molecular formula is C22H24N10O13P2. The zero-order valence-electron chi connectivity index (χ0n) is 23.4. The number of nitrogen functional groups attached to an aromatic ring is 2. The number of H-pyrrole nitrogens is 1. The molecule has 7 heterocycles. The number of aliphatic hydroxyl groups excluding tert-OH is 2. The topological polar surface area (TPSA) is 330 Å². The molecular weight excluding hydrogens is 674 g/mol. The van der Waals surface area contributed by atoms with Gasteiger partial charge in [-0.2, -0.15) is 4.98 Å². The molecule has 4 aromatic heterocycles. The Morgan fingerprint density at radius 2 is 1.68 bits per heavy atom. The van der Waals surface area contributed by atoms with E-state index in [0.717, 1.165) is 17.2 Å². The lowest BCUT2D eigenvalue weighted by Gasteiger charge is -2.31. The first kappa shape index (κ1) is 31.7. The average Bonchev–Trinajstić information content (AvgIpc) is 3.76. The monoisotopic (exact) mass is 698 g/mol. The van der Waals surface area contributed by atoms with E-state index in [1.165, 1.54) is 10.9 Å². The normalized spacial score (nSPS) is 38.0. The first-order valence-electron chi connectivity index (χ1n) is 13.4. The number of ether oxygens (including phenoxy) is 2. The maximum Gasteiger partial charge on any atom is 0.472 e. The smallest absolute Gasteiger partial charge is 0.387 e. The lowest BCUT2D eigenvalue weighted by Crippen LogP contribution is -2.47. The van der Waals surface area contributed by atoms with E-state index in [0.29, 0.717) is 0 Å². The van der Waals surface area contributed by atoms with Gasteiger partial charge in [0.15, 0.2) is 40.7 Å². The van der Waals surface area contributed by atoms with Gasteiger partial charge in [-0.15, -0.1) is 6.42 Å². The van der Waals surface area contributed by atoms with Crippen LogP contribution in [0.15, 0.2) is 23.8 Å². The maximum absolute atomic E-state index is 13.4. The Morgan fingerprint density at radius 1 is 0.979 bits per heavy atom. The van der Waals surface area contributed by atoms with Crippen molar-refractivity contribution < 1.29 is 56.7 Å². The number of rotatable bonds is 2. The fourth-order valence-electron chi connectivity index (χ4n) is 5.50. The van der Waals surface area contributed by atoms with E-state index in [1.54, 1.807) is 0 Å². The Balaban J connectivity index is 1.25. The van der Waals surface area contributed by atoms with Crippen LogP contribution in [0, 0.1) is 12.3 Å². The molecule has 7 rings (SSSR count). The van der Waals surface area contributed by atoms with Crippen LogP contribution in [0.2, 0.25) is 0 Å². The average molecular weight is 698 g/mol. The first-order valence-corrected chi connectivity index (χ1v) is 16.4. The summed E-state index contributed by atoms with van der Waals surface area (Å²) in [4.78, 5) is 56.1. The van der Waals surface area contributed by atoms with Crippen LogP contribution in [-0.4, -0.2) is 108 Å². The van der Waals surface area contributed by atoms with Gasteiger partial charge in [0.2, 0.25) is 5.95 Å². The number of fused-ring (bicyclic) bond motifs is 5. The fourth-order valence-corrected chi connectivity index (χ4v) is 7.43. The number of imidazole rings is 2.